The molecule has 1 fully saturated rings. The molecule has 0 saturated carbocycles. The number of rotatable bonds is 5. The van der Waals surface area contributed by atoms with Gasteiger partial charge in [0, 0.05) is 0 Å². The number of ether oxygens (including phenoxy) is 1. The van der Waals surface area contributed by atoms with E-state index in [-0.39, 0.29) is 6.10 Å². The summed E-state index contributed by atoms with van der Waals surface area (Å²) in [5.41, 5.74) is 1.63. The Hall–Kier alpha value is -1.85. The van der Waals surface area contributed by atoms with Crippen LogP contribution in [0.25, 0.3) is 0 Å². The molecular weight excluding hydrogens is 286 g/mol. The lowest BCUT2D eigenvalue weighted by molar-refractivity contribution is 0.412. The molecule has 1 heterocycles. The summed E-state index contributed by atoms with van der Waals surface area (Å²) in [5.74, 6) is 0. The third-order valence-corrected chi connectivity index (χ3v) is 5.28. The van der Waals surface area contributed by atoms with Crippen LogP contribution in [0.3, 0.4) is 0 Å². The minimum atomic E-state index is -3.58. The number of benzene rings is 2. The zero-order valence-corrected chi connectivity index (χ0v) is 12.6. The summed E-state index contributed by atoms with van der Waals surface area (Å²) in [5, 5.41) is 0. The predicted octanol–water partition coefficient (Wildman–Crippen LogP) is 2.59. The maximum atomic E-state index is 12.9. The van der Waals surface area contributed by atoms with Crippen molar-refractivity contribution < 1.29 is 13.2 Å². The molecular formula is C16H17NO3S. The second kappa shape index (κ2) is 5.50. The Bertz CT molecular complexity index is 724. The monoisotopic (exact) mass is 303 g/mol. The number of sulfonamides is 1. The molecule has 4 nitrogen and oxygen atoms in total. The molecule has 0 amide bonds. The van der Waals surface area contributed by atoms with Gasteiger partial charge in [0.05, 0.1) is 29.8 Å². The normalized spacial score (nSPS) is 17.5. The van der Waals surface area contributed by atoms with E-state index in [1.807, 2.05) is 31.2 Å². The number of hydrogen-bond acceptors (Lipinski definition) is 3. The standard InChI is InChI=1S/C16H17NO3S/c1-13-7-5-6-10-16(13)17(11-14-12-20-14)21(18,19)15-8-3-2-4-9-15/h2-10,14H,11-12H2,1H3. The van der Waals surface area contributed by atoms with Gasteiger partial charge in [-0.05, 0) is 30.7 Å². The lowest BCUT2D eigenvalue weighted by atomic mass is 10.2. The fraction of sp³-hybridized carbons (Fsp3) is 0.250. The average molecular weight is 303 g/mol. The molecule has 1 unspecified atom stereocenters. The van der Waals surface area contributed by atoms with Crippen LogP contribution in [0.15, 0.2) is 59.5 Å². The van der Waals surface area contributed by atoms with Crippen LogP contribution in [0, 0.1) is 6.92 Å². The van der Waals surface area contributed by atoms with Crippen molar-refractivity contribution in [2.45, 2.75) is 17.9 Å². The van der Waals surface area contributed by atoms with E-state index in [0.29, 0.717) is 23.7 Å². The second-order valence-corrected chi connectivity index (χ2v) is 6.95. The first-order valence-corrected chi connectivity index (χ1v) is 8.28. The highest BCUT2D eigenvalue weighted by molar-refractivity contribution is 7.92. The van der Waals surface area contributed by atoms with Crippen LogP contribution in [0.5, 0.6) is 0 Å². The van der Waals surface area contributed by atoms with Crippen LogP contribution < -0.4 is 4.31 Å². The first-order valence-electron chi connectivity index (χ1n) is 6.84. The van der Waals surface area contributed by atoms with E-state index in [9.17, 15) is 8.42 Å². The highest BCUT2D eigenvalue weighted by Gasteiger charge is 2.33. The fourth-order valence-corrected chi connectivity index (χ4v) is 3.83. The van der Waals surface area contributed by atoms with E-state index in [1.54, 1.807) is 30.3 Å². The van der Waals surface area contributed by atoms with E-state index in [2.05, 4.69) is 0 Å². The molecule has 110 valence electrons. The van der Waals surface area contributed by atoms with Crippen molar-refractivity contribution in [3.63, 3.8) is 0 Å². The third-order valence-electron chi connectivity index (χ3n) is 3.49. The summed E-state index contributed by atoms with van der Waals surface area (Å²) in [6, 6.07) is 16.0. The van der Waals surface area contributed by atoms with Gasteiger partial charge in [-0.3, -0.25) is 4.31 Å². The summed E-state index contributed by atoms with van der Waals surface area (Å²) < 4.78 is 32.5. The molecule has 0 N–H and O–H groups in total. The minimum Gasteiger partial charge on any atom is -0.371 e. The minimum absolute atomic E-state index is 0.0110. The summed E-state index contributed by atoms with van der Waals surface area (Å²) in [4.78, 5) is 0.300. The summed E-state index contributed by atoms with van der Waals surface area (Å²) in [6.45, 7) is 2.88. The van der Waals surface area contributed by atoms with E-state index in [0.717, 1.165) is 5.56 Å². The molecule has 1 aliphatic heterocycles. The largest absolute Gasteiger partial charge is 0.371 e. The van der Waals surface area contributed by atoms with Gasteiger partial charge in [-0.25, -0.2) is 8.42 Å². The molecule has 2 aromatic carbocycles. The van der Waals surface area contributed by atoms with E-state index in [1.165, 1.54) is 4.31 Å². The Morgan fingerprint density at radius 1 is 1.10 bits per heavy atom. The number of epoxide rings is 1. The van der Waals surface area contributed by atoms with Crippen molar-refractivity contribution in [1.29, 1.82) is 0 Å². The molecule has 1 aliphatic rings. The first kappa shape index (κ1) is 14.1. The van der Waals surface area contributed by atoms with Crippen LogP contribution in [0.1, 0.15) is 5.56 Å². The Morgan fingerprint density at radius 3 is 2.33 bits per heavy atom. The smallest absolute Gasteiger partial charge is 0.264 e. The molecule has 1 saturated heterocycles. The first-order chi connectivity index (χ1) is 10.1. The number of nitrogens with zero attached hydrogens (tertiary/aromatic N) is 1. The molecule has 0 bridgehead atoms. The van der Waals surface area contributed by atoms with Crippen molar-refractivity contribution >= 4 is 15.7 Å². The zero-order valence-electron chi connectivity index (χ0n) is 11.8. The van der Waals surface area contributed by atoms with Crippen LogP contribution in [0.4, 0.5) is 5.69 Å². The van der Waals surface area contributed by atoms with Crippen LogP contribution in [0.2, 0.25) is 0 Å². The van der Waals surface area contributed by atoms with Gasteiger partial charge in [-0.1, -0.05) is 36.4 Å². The summed E-state index contributed by atoms with van der Waals surface area (Å²) in [6.07, 6.45) is -0.0110. The molecule has 0 radical (unpaired) electrons. The molecule has 0 spiro atoms. The third kappa shape index (κ3) is 2.94. The van der Waals surface area contributed by atoms with Crippen molar-refractivity contribution in [2.24, 2.45) is 0 Å². The maximum absolute atomic E-state index is 12.9. The Labute approximate surface area is 125 Å². The molecule has 2 aromatic rings. The van der Waals surface area contributed by atoms with Gasteiger partial charge in [0.25, 0.3) is 10.0 Å². The highest BCUT2D eigenvalue weighted by Crippen LogP contribution is 2.28. The van der Waals surface area contributed by atoms with E-state index >= 15 is 0 Å². The highest BCUT2D eigenvalue weighted by atomic mass is 32.2. The number of hydrogen-bond donors (Lipinski definition) is 0. The Morgan fingerprint density at radius 2 is 1.71 bits per heavy atom. The van der Waals surface area contributed by atoms with Crippen LogP contribution in [-0.4, -0.2) is 27.7 Å². The van der Waals surface area contributed by atoms with Gasteiger partial charge >= 0.3 is 0 Å². The molecule has 21 heavy (non-hydrogen) atoms. The molecule has 1 atom stereocenters. The Kier molecular flexibility index (Phi) is 3.69. The van der Waals surface area contributed by atoms with Crippen molar-refractivity contribution in [3.05, 3.63) is 60.2 Å². The summed E-state index contributed by atoms with van der Waals surface area (Å²) in [7, 11) is -3.58. The molecule has 3 rings (SSSR count). The van der Waals surface area contributed by atoms with Crippen LogP contribution >= 0.6 is 0 Å². The van der Waals surface area contributed by atoms with Gasteiger partial charge < -0.3 is 4.74 Å². The molecule has 5 heteroatoms. The molecule has 0 aliphatic carbocycles. The van der Waals surface area contributed by atoms with E-state index < -0.39 is 10.0 Å². The van der Waals surface area contributed by atoms with Gasteiger partial charge in [-0.15, -0.1) is 0 Å². The van der Waals surface area contributed by atoms with Crippen molar-refractivity contribution in [3.8, 4) is 0 Å². The lowest BCUT2D eigenvalue weighted by Crippen LogP contribution is -2.35. The lowest BCUT2D eigenvalue weighted by Gasteiger charge is -2.25. The number of aryl methyl sites for hydroxylation is 1. The SMILES string of the molecule is Cc1ccccc1N(CC1CO1)S(=O)(=O)c1ccccc1. The predicted molar refractivity (Wildman–Crippen MR) is 81.9 cm³/mol. The van der Waals surface area contributed by atoms with Gasteiger partial charge in [0.15, 0.2) is 0 Å². The quantitative estimate of drug-likeness (QED) is 0.798. The van der Waals surface area contributed by atoms with E-state index in [4.69, 9.17) is 4.74 Å². The van der Waals surface area contributed by atoms with Gasteiger partial charge in [0.2, 0.25) is 0 Å². The number of anilines is 1. The van der Waals surface area contributed by atoms with Crippen molar-refractivity contribution in [2.75, 3.05) is 17.5 Å². The Balaban J connectivity index is 2.05. The second-order valence-electron chi connectivity index (χ2n) is 5.09. The maximum Gasteiger partial charge on any atom is 0.264 e. The van der Waals surface area contributed by atoms with Gasteiger partial charge in [-0.2, -0.15) is 0 Å². The van der Waals surface area contributed by atoms with Crippen molar-refractivity contribution in [1.82, 2.24) is 0 Å². The summed E-state index contributed by atoms with van der Waals surface area (Å²) >= 11 is 0. The topological polar surface area (TPSA) is 49.9 Å². The average Bonchev–Trinajstić information content (AvgIpc) is 3.31. The molecule has 0 aromatic heterocycles. The zero-order chi connectivity index (χ0) is 14.9. The van der Waals surface area contributed by atoms with Gasteiger partial charge in [0.1, 0.15) is 0 Å². The fourth-order valence-electron chi connectivity index (χ4n) is 2.25. The van der Waals surface area contributed by atoms with Crippen LogP contribution in [-0.2, 0) is 14.8 Å². The number of para-hydroxylation sites is 1.